The van der Waals surface area contributed by atoms with Crippen molar-refractivity contribution in [1.29, 1.82) is 0 Å². The van der Waals surface area contributed by atoms with E-state index in [1.54, 1.807) is 23.1 Å². The summed E-state index contributed by atoms with van der Waals surface area (Å²) in [6.07, 6.45) is 6.28. The van der Waals surface area contributed by atoms with E-state index in [1.807, 2.05) is 6.92 Å². The minimum atomic E-state index is -3.86. The van der Waals surface area contributed by atoms with Gasteiger partial charge in [0.15, 0.2) is 0 Å². The molecule has 8 nitrogen and oxygen atoms in total. The third-order valence-electron chi connectivity index (χ3n) is 8.08. The number of aliphatic hydroxyl groups excluding tert-OH is 1. The van der Waals surface area contributed by atoms with Gasteiger partial charge in [-0.2, -0.15) is 0 Å². The summed E-state index contributed by atoms with van der Waals surface area (Å²) in [5.41, 5.74) is 0.940. The van der Waals surface area contributed by atoms with E-state index in [1.165, 1.54) is 56.4 Å². The van der Waals surface area contributed by atoms with E-state index >= 15 is 0 Å². The number of halogens is 1. The summed E-state index contributed by atoms with van der Waals surface area (Å²) in [6.45, 7) is 5.97. The van der Waals surface area contributed by atoms with Crippen LogP contribution in [0.3, 0.4) is 0 Å². The average molecular weight is 592 g/mol. The van der Waals surface area contributed by atoms with Crippen LogP contribution >= 0.6 is 11.6 Å². The molecule has 3 atom stereocenters. The van der Waals surface area contributed by atoms with Crippen molar-refractivity contribution >= 4 is 33.2 Å². The van der Waals surface area contributed by atoms with Gasteiger partial charge < -0.3 is 19.6 Å². The molecule has 1 amide bonds. The second-order valence-electron chi connectivity index (χ2n) is 11.5. The number of benzene rings is 2. The number of carbonyl (C=O) groups is 1. The predicted octanol–water partition coefficient (Wildman–Crippen LogP) is 4.80. The molecule has 1 aliphatic carbocycles. The zero-order valence-corrected chi connectivity index (χ0v) is 25.3. The topological polar surface area (TPSA) is 99.2 Å². The van der Waals surface area contributed by atoms with Crippen LogP contribution in [0.4, 0.5) is 5.69 Å². The van der Waals surface area contributed by atoms with Crippen LogP contribution in [0.25, 0.3) is 0 Å². The Hall–Kier alpha value is -2.33. The molecule has 10 heteroatoms. The lowest BCUT2D eigenvalue weighted by Crippen LogP contribution is -2.48. The summed E-state index contributed by atoms with van der Waals surface area (Å²) < 4.78 is 35.2. The van der Waals surface area contributed by atoms with E-state index in [0.717, 1.165) is 6.54 Å². The molecule has 0 spiro atoms. The van der Waals surface area contributed by atoms with Gasteiger partial charge in [0.25, 0.3) is 10.0 Å². The van der Waals surface area contributed by atoms with E-state index in [-0.39, 0.29) is 41.9 Å². The second-order valence-corrected chi connectivity index (χ2v) is 13.6. The lowest BCUT2D eigenvalue weighted by Gasteiger charge is -2.35. The number of hydrogen-bond donors (Lipinski definition) is 2. The Bertz CT molecular complexity index is 1250. The van der Waals surface area contributed by atoms with Crippen molar-refractivity contribution in [3.8, 4) is 5.75 Å². The lowest BCUT2D eigenvalue weighted by molar-refractivity contribution is -0.134. The quantitative estimate of drug-likeness (QED) is 0.435. The van der Waals surface area contributed by atoms with Crippen LogP contribution in [0.5, 0.6) is 5.75 Å². The normalized spacial score (nSPS) is 21.6. The van der Waals surface area contributed by atoms with Gasteiger partial charge >= 0.3 is 0 Å². The number of rotatable bonds is 9. The molecule has 1 fully saturated rings. The maximum Gasteiger partial charge on any atom is 0.261 e. The van der Waals surface area contributed by atoms with Gasteiger partial charge in [0.1, 0.15) is 11.9 Å². The summed E-state index contributed by atoms with van der Waals surface area (Å²) in [4.78, 5) is 17.6. The monoisotopic (exact) mass is 591 g/mol. The maximum absolute atomic E-state index is 13.5. The van der Waals surface area contributed by atoms with Crippen molar-refractivity contribution in [2.45, 2.75) is 69.4 Å². The Kier molecular flexibility index (Phi) is 10.4. The van der Waals surface area contributed by atoms with E-state index in [0.29, 0.717) is 41.0 Å². The molecule has 40 heavy (non-hydrogen) atoms. The molecular weight excluding hydrogens is 550 g/mol. The fourth-order valence-electron chi connectivity index (χ4n) is 5.73. The predicted molar refractivity (Wildman–Crippen MR) is 158 cm³/mol. The van der Waals surface area contributed by atoms with Crippen LogP contribution < -0.4 is 9.46 Å². The van der Waals surface area contributed by atoms with E-state index in [4.69, 9.17) is 16.3 Å². The molecule has 4 rings (SSSR count). The Labute approximate surface area is 243 Å². The van der Waals surface area contributed by atoms with Crippen LogP contribution in [0, 0.1) is 11.8 Å². The van der Waals surface area contributed by atoms with Crippen molar-refractivity contribution in [3.63, 3.8) is 0 Å². The van der Waals surface area contributed by atoms with E-state index in [2.05, 4.69) is 23.6 Å². The number of carbonyl (C=O) groups excluding carboxylic acids is 1. The van der Waals surface area contributed by atoms with E-state index in [9.17, 15) is 18.3 Å². The number of aliphatic hydroxyl groups is 1. The largest absolute Gasteiger partial charge is 0.488 e. The van der Waals surface area contributed by atoms with Gasteiger partial charge in [0.2, 0.25) is 5.91 Å². The maximum atomic E-state index is 13.5. The summed E-state index contributed by atoms with van der Waals surface area (Å²) in [7, 11) is -1.72. The van der Waals surface area contributed by atoms with Crippen molar-refractivity contribution in [3.05, 3.63) is 53.1 Å². The van der Waals surface area contributed by atoms with Gasteiger partial charge in [-0.1, -0.05) is 37.8 Å². The van der Waals surface area contributed by atoms with Crippen molar-refractivity contribution in [2.75, 3.05) is 38.0 Å². The van der Waals surface area contributed by atoms with Crippen LogP contribution in [0.2, 0.25) is 5.02 Å². The van der Waals surface area contributed by atoms with Crippen LogP contribution in [0.15, 0.2) is 47.4 Å². The summed E-state index contributed by atoms with van der Waals surface area (Å²) in [5, 5.41) is 10.3. The molecule has 1 aliphatic heterocycles. The summed E-state index contributed by atoms with van der Waals surface area (Å²) in [5.74, 6) is 1.15. The Balaban J connectivity index is 1.60. The highest BCUT2D eigenvalue weighted by molar-refractivity contribution is 7.92. The first-order chi connectivity index (χ1) is 19.1. The highest BCUT2D eigenvalue weighted by Crippen LogP contribution is 2.31. The number of likely N-dealkylation sites (N-methyl/N-ethyl adjacent to an activating group) is 1. The van der Waals surface area contributed by atoms with Gasteiger partial charge in [-0.3, -0.25) is 9.52 Å². The summed E-state index contributed by atoms with van der Waals surface area (Å²) >= 11 is 5.92. The van der Waals surface area contributed by atoms with Crippen molar-refractivity contribution in [2.24, 2.45) is 11.8 Å². The van der Waals surface area contributed by atoms with Gasteiger partial charge in [-0.15, -0.1) is 0 Å². The minimum Gasteiger partial charge on any atom is -0.488 e. The first-order valence-corrected chi connectivity index (χ1v) is 16.1. The van der Waals surface area contributed by atoms with E-state index < -0.39 is 10.0 Å². The molecule has 0 saturated heterocycles. The molecule has 220 valence electrons. The number of fused-ring (bicyclic) bond motifs is 1. The van der Waals surface area contributed by atoms with Gasteiger partial charge in [-0.05, 0) is 75.2 Å². The Morgan fingerprint density at radius 1 is 1.12 bits per heavy atom. The van der Waals surface area contributed by atoms with Crippen LogP contribution in [-0.4, -0.2) is 74.7 Å². The third-order valence-corrected chi connectivity index (χ3v) is 9.73. The molecule has 0 unspecified atom stereocenters. The molecule has 1 heterocycles. The molecule has 0 bridgehead atoms. The van der Waals surface area contributed by atoms with Gasteiger partial charge in [-0.25, -0.2) is 8.42 Å². The van der Waals surface area contributed by atoms with Crippen molar-refractivity contribution < 1.29 is 23.1 Å². The first kappa shape index (κ1) is 30.6. The number of hydrogen-bond acceptors (Lipinski definition) is 6. The highest BCUT2D eigenvalue weighted by Gasteiger charge is 2.31. The standard InChI is InChI=1S/C30H42ClN3O5S/c1-21-17-34(22(2)20-35)30(36)16-24-15-26(32-40(37,38)27-12-9-25(31)10-13-27)11-14-28(24)39-29(21)19-33(3)18-23-7-5-4-6-8-23/h9-15,21-23,29,32,35H,4-8,16-20H2,1-3H3/t21-,22+,29+/m1/s1. The van der Waals surface area contributed by atoms with Crippen LogP contribution in [0.1, 0.15) is 51.5 Å². The molecule has 2 N–H and O–H groups in total. The first-order valence-electron chi connectivity index (χ1n) is 14.2. The second kappa shape index (κ2) is 13.6. The molecule has 2 aromatic rings. The van der Waals surface area contributed by atoms with Gasteiger partial charge in [0, 0.05) is 41.8 Å². The number of amides is 1. The number of nitrogens with zero attached hydrogens (tertiary/aromatic N) is 2. The molecule has 1 saturated carbocycles. The van der Waals surface area contributed by atoms with Gasteiger partial charge in [0.05, 0.1) is 24.0 Å². The SMILES string of the molecule is C[C@@H]1CN([C@@H](C)CO)C(=O)Cc2cc(NS(=O)(=O)c3ccc(Cl)cc3)ccc2O[C@H]1CN(C)CC1CCCCC1. The molecule has 0 radical (unpaired) electrons. The average Bonchev–Trinajstić information content (AvgIpc) is 2.96. The molecular formula is C30H42ClN3O5S. The highest BCUT2D eigenvalue weighted by atomic mass is 35.5. The zero-order valence-electron chi connectivity index (χ0n) is 23.7. The van der Waals surface area contributed by atoms with Crippen LogP contribution in [-0.2, 0) is 21.2 Å². The Morgan fingerprint density at radius 3 is 2.50 bits per heavy atom. The molecule has 2 aromatic carbocycles. The fourth-order valence-corrected chi connectivity index (χ4v) is 6.91. The van der Waals surface area contributed by atoms with Crippen molar-refractivity contribution in [1.82, 2.24) is 9.80 Å². The molecule has 0 aromatic heterocycles. The Morgan fingerprint density at radius 2 is 1.82 bits per heavy atom. The third kappa shape index (κ3) is 7.90. The fraction of sp³-hybridized carbons (Fsp3) is 0.567. The lowest BCUT2D eigenvalue weighted by atomic mass is 9.89. The smallest absolute Gasteiger partial charge is 0.261 e. The minimum absolute atomic E-state index is 0.0146. The summed E-state index contributed by atoms with van der Waals surface area (Å²) in [6, 6.07) is 10.7. The number of anilines is 1. The zero-order chi connectivity index (χ0) is 28.9. The molecule has 2 aliphatic rings. The number of nitrogens with one attached hydrogen (secondary N) is 1. The number of sulfonamides is 1. The number of ether oxygens (including phenoxy) is 1.